The molecule has 3 unspecified atom stereocenters. The molecule has 16 heteroatoms. The van der Waals surface area contributed by atoms with E-state index in [2.05, 4.69) is 20.1 Å². The van der Waals surface area contributed by atoms with Gasteiger partial charge in [-0.1, -0.05) is 70.9 Å². The molecule has 0 radical (unpaired) electrons. The Morgan fingerprint density at radius 1 is 0.915 bits per heavy atom. The summed E-state index contributed by atoms with van der Waals surface area (Å²) < 4.78 is 22.9. The summed E-state index contributed by atoms with van der Waals surface area (Å²) in [6, 6.07) is 15.1. The van der Waals surface area contributed by atoms with Crippen LogP contribution in [0.1, 0.15) is 37.8 Å². The fourth-order valence-electron chi connectivity index (χ4n) is 6.18. The molecule has 4 rings (SSSR count). The maximum Gasteiger partial charge on any atom is 0.410 e. The van der Waals surface area contributed by atoms with Crippen LogP contribution in [-0.4, -0.2) is 83.2 Å². The molecule has 2 aliphatic rings. The van der Waals surface area contributed by atoms with E-state index in [1.54, 1.807) is 0 Å². The van der Waals surface area contributed by atoms with Crippen LogP contribution >= 0.6 is 0 Å². The third-order valence-electron chi connectivity index (χ3n) is 8.19. The normalized spacial score (nSPS) is 28.5. The summed E-state index contributed by atoms with van der Waals surface area (Å²) in [5, 5.41) is 19.1. The van der Waals surface area contributed by atoms with Gasteiger partial charge in [-0.05, 0) is 35.0 Å². The van der Waals surface area contributed by atoms with Gasteiger partial charge < -0.3 is 34.7 Å². The Labute approximate surface area is 271 Å². The summed E-state index contributed by atoms with van der Waals surface area (Å²) in [6.45, 7) is 2.58. The predicted molar refractivity (Wildman–Crippen MR) is 166 cm³/mol. The lowest BCUT2D eigenvalue weighted by molar-refractivity contribution is -0.199. The molecule has 1 amide bonds. The Bertz CT molecular complexity index is 1470. The lowest BCUT2D eigenvalue weighted by Crippen LogP contribution is -2.67. The van der Waals surface area contributed by atoms with Crippen molar-refractivity contribution in [3.05, 3.63) is 92.7 Å². The zero-order valence-electron chi connectivity index (χ0n) is 26.0. The van der Waals surface area contributed by atoms with Gasteiger partial charge in [0.1, 0.15) is 24.9 Å². The average Bonchev–Trinajstić information content (AvgIpc) is 3.05. The zero-order valence-corrected chi connectivity index (χ0v) is 26.0. The number of ether oxygens (including phenoxy) is 4. The van der Waals surface area contributed by atoms with Gasteiger partial charge in [0, 0.05) is 42.2 Å². The first-order valence-electron chi connectivity index (χ1n) is 15.1. The number of azide groups is 2. The summed E-state index contributed by atoms with van der Waals surface area (Å²) >= 11 is 0. The summed E-state index contributed by atoms with van der Waals surface area (Å²) in [5.41, 5.74) is 27.0. The minimum atomic E-state index is -1.61. The molecule has 9 atom stereocenters. The molecule has 250 valence electrons. The van der Waals surface area contributed by atoms with E-state index >= 15 is 0 Å². The molecule has 1 aliphatic heterocycles. The Morgan fingerprint density at radius 2 is 1.49 bits per heavy atom. The number of esters is 2. The molecule has 1 saturated carbocycles. The monoisotopic (exact) mass is 650 g/mol. The van der Waals surface area contributed by atoms with Crippen molar-refractivity contribution in [2.75, 3.05) is 6.54 Å². The third kappa shape index (κ3) is 9.12. The standard InChI is InChI=1S/C31H38N8O8/c1-18(40)45-29-25(35-37-33)24(27(42)30(46-19(2)41)26(29)36-38-34)28-23(32)14-13-22(47-28)16-39(15-20-9-5-3-6-10-20)31(43)44-17-21-11-7-4-8-12-21/h3-12,22-30,42H,13-17,32H2,1-2H3/t22-,23+,24+,25?,26?,27-,28?,29-,30-/m0/s1. The van der Waals surface area contributed by atoms with E-state index in [1.165, 1.54) is 4.90 Å². The number of hydrogen-bond acceptors (Lipinski definition) is 11. The molecule has 1 heterocycles. The topological polar surface area (TPSA) is 235 Å². The Hall–Kier alpha value is -4.85. The van der Waals surface area contributed by atoms with Crippen molar-refractivity contribution in [1.29, 1.82) is 0 Å². The second kappa shape index (κ2) is 16.6. The first-order valence-corrected chi connectivity index (χ1v) is 15.1. The van der Waals surface area contributed by atoms with Crippen LogP contribution in [0.3, 0.4) is 0 Å². The largest absolute Gasteiger partial charge is 0.462 e. The van der Waals surface area contributed by atoms with Gasteiger partial charge in [0.15, 0.2) is 0 Å². The minimum absolute atomic E-state index is 0.0630. The van der Waals surface area contributed by atoms with E-state index in [0.29, 0.717) is 12.8 Å². The van der Waals surface area contributed by atoms with Crippen LogP contribution in [0.15, 0.2) is 70.9 Å². The van der Waals surface area contributed by atoms with E-state index in [0.717, 1.165) is 25.0 Å². The predicted octanol–water partition coefficient (Wildman–Crippen LogP) is 3.91. The maximum atomic E-state index is 13.4. The molecule has 1 saturated heterocycles. The van der Waals surface area contributed by atoms with E-state index in [4.69, 9.17) is 24.7 Å². The third-order valence-corrected chi connectivity index (χ3v) is 8.19. The molecule has 2 aromatic rings. The van der Waals surface area contributed by atoms with E-state index in [9.17, 15) is 30.6 Å². The molecule has 2 aromatic carbocycles. The van der Waals surface area contributed by atoms with Crippen LogP contribution in [0.5, 0.6) is 0 Å². The number of rotatable bonds is 11. The number of benzene rings is 2. The van der Waals surface area contributed by atoms with Crippen LogP contribution in [0.25, 0.3) is 20.9 Å². The van der Waals surface area contributed by atoms with Gasteiger partial charge in [0.05, 0.1) is 30.9 Å². The van der Waals surface area contributed by atoms with Crippen LogP contribution in [0, 0.1) is 5.92 Å². The van der Waals surface area contributed by atoms with Crippen molar-refractivity contribution in [1.82, 2.24) is 4.90 Å². The van der Waals surface area contributed by atoms with Crippen molar-refractivity contribution in [2.45, 2.75) is 88.5 Å². The number of carbonyl (C=O) groups excluding carboxylic acids is 3. The summed E-state index contributed by atoms with van der Waals surface area (Å²) in [7, 11) is 0. The highest BCUT2D eigenvalue weighted by Crippen LogP contribution is 2.40. The molecule has 47 heavy (non-hydrogen) atoms. The van der Waals surface area contributed by atoms with E-state index in [1.807, 2.05) is 60.7 Å². The fraction of sp³-hybridized carbons (Fsp3) is 0.516. The number of nitrogens with two attached hydrogens (primary N) is 1. The summed E-state index contributed by atoms with van der Waals surface area (Å²) in [4.78, 5) is 44.8. The number of aliphatic hydroxyl groups excluding tert-OH is 1. The number of aliphatic hydroxyl groups is 1. The smallest absolute Gasteiger partial charge is 0.410 e. The molecule has 0 spiro atoms. The highest BCUT2D eigenvalue weighted by Gasteiger charge is 2.57. The van der Waals surface area contributed by atoms with Crippen molar-refractivity contribution in [3.8, 4) is 0 Å². The fourth-order valence-corrected chi connectivity index (χ4v) is 6.18. The highest BCUT2D eigenvalue weighted by atomic mass is 16.6. The zero-order chi connectivity index (χ0) is 33.9. The SMILES string of the molecule is CC(=O)O[C@H]1C(N=[N+]=[N-])[C@@H](C2O[C@H](CN(Cc3ccccc3)C(=O)OCc3ccccc3)CC[C@H]2N)[C@H](O)[C@@H](OC(C)=O)C1N=[N+]=[N-]. The van der Waals surface area contributed by atoms with Crippen molar-refractivity contribution >= 4 is 18.0 Å². The first-order chi connectivity index (χ1) is 22.6. The van der Waals surface area contributed by atoms with Crippen LogP contribution in [-0.2, 0) is 41.7 Å². The van der Waals surface area contributed by atoms with Crippen LogP contribution in [0.4, 0.5) is 4.79 Å². The number of nitrogens with zero attached hydrogens (tertiary/aromatic N) is 7. The van der Waals surface area contributed by atoms with Gasteiger partial charge in [-0.2, -0.15) is 0 Å². The van der Waals surface area contributed by atoms with E-state index in [-0.39, 0.29) is 19.7 Å². The number of amides is 1. The van der Waals surface area contributed by atoms with Crippen molar-refractivity contribution in [3.63, 3.8) is 0 Å². The minimum Gasteiger partial charge on any atom is -0.462 e. The van der Waals surface area contributed by atoms with Gasteiger partial charge in [0.25, 0.3) is 0 Å². The van der Waals surface area contributed by atoms with Crippen molar-refractivity contribution < 1.29 is 38.4 Å². The van der Waals surface area contributed by atoms with E-state index < -0.39 is 72.6 Å². The summed E-state index contributed by atoms with van der Waals surface area (Å²) in [6.07, 6.45) is -5.90. The molecule has 2 fully saturated rings. The second-order valence-corrected chi connectivity index (χ2v) is 11.5. The van der Waals surface area contributed by atoms with Gasteiger partial charge in [-0.3, -0.25) is 9.59 Å². The molecular weight excluding hydrogens is 612 g/mol. The quantitative estimate of drug-likeness (QED) is 0.118. The molecular formula is C31H38N8O8. The van der Waals surface area contributed by atoms with Crippen LogP contribution in [0.2, 0.25) is 0 Å². The number of carbonyl (C=O) groups is 3. The highest BCUT2D eigenvalue weighted by molar-refractivity contribution is 5.68. The van der Waals surface area contributed by atoms with Crippen molar-refractivity contribution in [2.24, 2.45) is 21.9 Å². The number of hydrogen-bond donors (Lipinski definition) is 2. The molecule has 0 bridgehead atoms. The Kier molecular flexibility index (Phi) is 12.4. The molecule has 3 N–H and O–H groups in total. The first kappa shape index (κ1) is 35.0. The van der Waals surface area contributed by atoms with Crippen LogP contribution < -0.4 is 5.73 Å². The van der Waals surface area contributed by atoms with Gasteiger partial charge in [-0.25, -0.2) is 4.79 Å². The molecule has 16 nitrogen and oxygen atoms in total. The van der Waals surface area contributed by atoms with Gasteiger partial charge in [0.2, 0.25) is 0 Å². The Morgan fingerprint density at radius 3 is 2.09 bits per heavy atom. The lowest BCUT2D eigenvalue weighted by atomic mass is 9.70. The summed E-state index contributed by atoms with van der Waals surface area (Å²) in [5.74, 6) is -2.76. The lowest BCUT2D eigenvalue weighted by Gasteiger charge is -2.50. The Balaban J connectivity index is 1.63. The average molecular weight is 651 g/mol. The second-order valence-electron chi connectivity index (χ2n) is 11.5. The molecule has 0 aromatic heterocycles. The van der Waals surface area contributed by atoms with Gasteiger partial charge >= 0.3 is 18.0 Å². The maximum absolute atomic E-state index is 13.4. The van der Waals surface area contributed by atoms with Gasteiger partial charge in [-0.15, -0.1) is 0 Å². The molecule has 1 aliphatic carbocycles.